The first-order valence-corrected chi connectivity index (χ1v) is 17.5. The number of hydrogen-bond donors (Lipinski definition) is 2. The minimum Gasteiger partial charge on any atom is -0.464 e. The fourth-order valence-electron chi connectivity index (χ4n) is 8.99. The van der Waals surface area contributed by atoms with Crippen LogP contribution >= 0.6 is 0 Å². The molecule has 51 heavy (non-hydrogen) atoms. The van der Waals surface area contributed by atoms with E-state index in [1.165, 1.54) is 14.0 Å². The zero-order valence-electron chi connectivity index (χ0n) is 29.2. The summed E-state index contributed by atoms with van der Waals surface area (Å²) in [7, 11) is 1.29. The lowest BCUT2D eigenvalue weighted by Crippen LogP contribution is -2.68. The number of rotatable bonds is 9. The van der Waals surface area contributed by atoms with Gasteiger partial charge in [-0.15, -0.1) is 0 Å². The number of fused-ring (bicyclic) bond motifs is 1. The number of hydrogen-bond acceptors (Lipinski definition) is 8. The van der Waals surface area contributed by atoms with Crippen molar-refractivity contribution in [1.29, 1.82) is 0 Å². The highest BCUT2D eigenvalue weighted by Crippen LogP contribution is 2.56. The van der Waals surface area contributed by atoms with E-state index in [0.29, 0.717) is 28.2 Å². The van der Waals surface area contributed by atoms with Crippen molar-refractivity contribution in [3.8, 4) is 5.69 Å². The monoisotopic (exact) mass is 690 g/mol. The number of esters is 2. The van der Waals surface area contributed by atoms with Gasteiger partial charge in [-0.3, -0.25) is 23.7 Å². The van der Waals surface area contributed by atoms with Gasteiger partial charge < -0.3 is 20.1 Å². The fraction of sp³-hybridized carbons (Fsp3) is 0.400. The van der Waals surface area contributed by atoms with Crippen LogP contribution in [0.25, 0.3) is 16.7 Å². The summed E-state index contributed by atoms with van der Waals surface area (Å²) in [6.07, 6.45) is 6.13. The van der Waals surface area contributed by atoms with E-state index in [1.54, 1.807) is 48.9 Å². The molecule has 0 saturated heterocycles. The zero-order chi connectivity index (χ0) is 36.1. The van der Waals surface area contributed by atoms with E-state index in [0.717, 1.165) is 37.7 Å². The molecule has 8 rings (SSSR count). The van der Waals surface area contributed by atoms with Gasteiger partial charge >= 0.3 is 11.9 Å². The van der Waals surface area contributed by atoms with Gasteiger partial charge in [0.2, 0.25) is 0 Å². The van der Waals surface area contributed by atoms with E-state index in [-0.39, 0.29) is 58.3 Å². The Morgan fingerprint density at radius 2 is 1.63 bits per heavy atom. The van der Waals surface area contributed by atoms with Crippen molar-refractivity contribution >= 4 is 34.8 Å². The quantitative estimate of drug-likeness (QED) is 0.236. The van der Waals surface area contributed by atoms with E-state index < -0.39 is 17.5 Å². The second kappa shape index (κ2) is 13.1. The Morgan fingerprint density at radius 3 is 2.27 bits per heavy atom. The lowest BCUT2D eigenvalue weighted by molar-refractivity contribution is -0.165. The van der Waals surface area contributed by atoms with Crippen LogP contribution in [-0.4, -0.2) is 57.6 Å². The second-order valence-electron chi connectivity index (χ2n) is 14.9. The van der Waals surface area contributed by atoms with Crippen molar-refractivity contribution in [2.24, 2.45) is 17.8 Å². The summed E-state index contributed by atoms with van der Waals surface area (Å²) < 4.78 is 12.1. The largest absolute Gasteiger partial charge is 0.464 e. The van der Waals surface area contributed by atoms with Gasteiger partial charge in [0.1, 0.15) is 11.3 Å². The van der Waals surface area contributed by atoms with Crippen LogP contribution in [0.4, 0.5) is 0 Å². The van der Waals surface area contributed by atoms with E-state index in [9.17, 15) is 24.0 Å². The third-order valence-electron chi connectivity index (χ3n) is 10.9. The molecule has 2 N–H and O–H groups in total. The topological polar surface area (TPSA) is 146 Å². The number of amides is 2. The minimum atomic E-state index is -1.26. The molecule has 5 atom stereocenters. The normalized spacial score (nSPS) is 23.5. The average Bonchev–Trinajstić information content (AvgIpc) is 3.10. The number of para-hydroxylation sites is 1. The van der Waals surface area contributed by atoms with Crippen LogP contribution in [0.1, 0.15) is 84.8 Å². The van der Waals surface area contributed by atoms with E-state index >= 15 is 0 Å². The molecule has 4 bridgehead atoms. The smallest absolute Gasteiger partial charge is 0.355 e. The molecular weight excluding hydrogens is 648 g/mol. The van der Waals surface area contributed by atoms with Gasteiger partial charge in [0.25, 0.3) is 11.8 Å². The highest BCUT2D eigenvalue weighted by atomic mass is 16.6. The van der Waals surface area contributed by atoms with Crippen LogP contribution in [-0.2, 0) is 25.5 Å². The number of methoxy groups -OCH3 is 1. The van der Waals surface area contributed by atoms with Crippen LogP contribution in [0.2, 0.25) is 0 Å². The maximum absolute atomic E-state index is 13.9. The molecule has 0 spiro atoms. The zero-order valence-corrected chi connectivity index (χ0v) is 29.2. The molecule has 4 saturated carbocycles. The van der Waals surface area contributed by atoms with Crippen molar-refractivity contribution in [2.75, 3.05) is 7.11 Å². The Hall–Kier alpha value is -5.32. The van der Waals surface area contributed by atoms with Crippen LogP contribution in [0.5, 0.6) is 0 Å². The molecule has 11 heteroatoms. The van der Waals surface area contributed by atoms with E-state index in [2.05, 4.69) is 15.6 Å². The molecule has 0 unspecified atom stereocenters. The molecule has 4 aliphatic carbocycles. The summed E-state index contributed by atoms with van der Waals surface area (Å²) in [5, 5.41) is 6.96. The molecule has 2 amide bonds. The highest BCUT2D eigenvalue weighted by molar-refractivity contribution is 5.95. The maximum atomic E-state index is 13.9. The number of carbonyl (C=O) groups excluding carboxylic acids is 4. The van der Waals surface area contributed by atoms with Crippen molar-refractivity contribution in [2.45, 2.75) is 76.5 Å². The molecule has 0 aliphatic heterocycles. The molecule has 4 aliphatic rings. The van der Waals surface area contributed by atoms with Crippen LogP contribution < -0.4 is 16.1 Å². The van der Waals surface area contributed by atoms with E-state index in [1.807, 2.05) is 42.5 Å². The van der Waals surface area contributed by atoms with Gasteiger partial charge in [-0.1, -0.05) is 30.3 Å². The molecule has 2 aromatic carbocycles. The van der Waals surface area contributed by atoms with Crippen molar-refractivity contribution in [3.05, 3.63) is 106 Å². The van der Waals surface area contributed by atoms with Crippen LogP contribution in [0, 0.1) is 17.8 Å². The van der Waals surface area contributed by atoms with Crippen LogP contribution in [0.15, 0.2) is 77.7 Å². The Balaban J connectivity index is 1.10. The van der Waals surface area contributed by atoms with Crippen molar-refractivity contribution in [1.82, 2.24) is 20.2 Å². The number of carbonyl (C=O) groups is 4. The molecule has 11 nitrogen and oxygen atoms in total. The average molecular weight is 691 g/mol. The Kier molecular flexibility index (Phi) is 8.77. The summed E-state index contributed by atoms with van der Waals surface area (Å²) in [4.78, 5) is 70.1. The standard InChI is InChI=1S/C40H42N4O7/c1-23(45)51-39(2,3)38(49)43-40-20-25-17-27(21-40)32(28(18-25)22-40)42-36(47)26-14-12-24(13-15-26)19-31-33(37(48)50-4)44(29-9-6-5-7-10-29)35-30(34(31)46)11-8-16-41-35/h5-16,25,27-28,32H,17-22H2,1-4H3,(H,42,47)(H,43,49)/t25-,27-,28+,32-,40-. The van der Waals surface area contributed by atoms with Gasteiger partial charge in [0.05, 0.1) is 12.5 Å². The third-order valence-corrected chi connectivity index (χ3v) is 10.9. The molecule has 4 aromatic rings. The molecule has 0 radical (unpaired) electrons. The summed E-state index contributed by atoms with van der Waals surface area (Å²) >= 11 is 0. The number of benzene rings is 2. The number of nitrogens with zero attached hydrogens (tertiary/aromatic N) is 2. The first-order valence-electron chi connectivity index (χ1n) is 17.5. The van der Waals surface area contributed by atoms with E-state index in [4.69, 9.17) is 9.47 Å². The Bertz CT molecular complexity index is 2070. The van der Waals surface area contributed by atoms with Crippen molar-refractivity contribution in [3.63, 3.8) is 0 Å². The summed E-state index contributed by atoms with van der Waals surface area (Å²) in [5.74, 6) is -0.700. The molecular formula is C40H42N4O7. The number of pyridine rings is 2. The summed E-state index contributed by atoms with van der Waals surface area (Å²) in [6, 6.07) is 19.7. The van der Waals surface area contributed by atoms with Crippen LogP contribution in [0.3, 0.4) is 0 Å². The lowest BCUT2D eigenvalue weighted by atomic mass is 9.51. The molecule has 2 aromatic heterocycles. The fourth-order valence-corrected chi connectivity index (χ4v) is 8.99. The Morgan fingerprint density at radius 1 is 0.941 bits per heavy atom. The molecule has 264 valence electrons. The van der Waals surface area contributed by atoms with Gasteiger partial charge in [-0.2, -0.15) is 0 Å². The highest BCUT2D eigenvalue weighted by Gasteiger charge is 2.57. The summed E-state index contributed by atoms with van der Waals surface area (Å²) in [5.41, 5.74) is 0.707. The predicted molar refractivity (Wildman–Crippen MR) is 189 cm³/mol. The van der Waals surface area contributed by atoms with Gasteiger partial charge in [-0.05, 0) is 106 Å². The van der Waals surface area contributed by atoms with Gasteiger partial charge in [-0.25, -0.2) is 9.78 Å². The molecule has 2 heterocycles. The maximum Gasteiger partial charge on any atom is 0.355 e. The predicted octanol–water partition coefficient (Wildman–Crippen LogP) is 4.90. The minimum absolute atomic E-state index is 0.00879. The SMILES string of the molecule is COC(=O)c1c(Cc2ccc(C(=O)N[C@@H]3[C@@H]4C[C@@H]5C[C@H]3C[C@@](NC(=O)C(C)(C)OC(C)=O)(C5)C4)cc2)c(=O)c2cccnc2n1-c1ccccc1. The second-order valence-corrected chi connectivity index (χ2v) is 14.9. The molecule has 4 fully saturated rings. The van der Waals surface area contributed by atoms with Gasteiger partial charge in [0, 0.05) is 47.9 Å². The Labute approximate surface area is 295 Å². The van der Waals surface area contributed by atoms with Crippen molar-refractivity contribution < 1.29 is 28.7 Å². The number of nitrogens with one attached hydrogen (secondary N) is 2. The first kappa shape index (κ1) is 34.1. The third kappa shape index (κ3) is 6.41. The summed E-state index contributed by atoms with van der Waals surface area (Å²) in [6.45, 7) is 4.51. The van der Waals surface area contributed by atoms with Gasteiger partial charge in [0.15, 0.2) is 11.0 Å². The lowest BCUT2D eigenvalue weighted by Gasteiger charge is -2.60. The number of aromatic nitrogens is 2. The number of ether oxygens (including phenoxy) is 2. The first-order chi connectivity index (χ1) is 24.4.